The number of unbranched alkanes of at least 4 members (excludes halogenated alkanes) is 1. The molecule has 0 atom stereocenters. The van der Waals surface area contributed by atoms with Gasteiger partial charge >= 0.3 is 0 Å². The van der Waals surface area contributed by atoms with Gasteiger partial charge in [-0.2, -0.15) is 0 Å². The fraction of sp³-hybridized carbons (Fsp3) is 0.462. The summed E-state index contributed by atoms with van der Waals surface area (Å²) in [5.41, 5.74) is 3.20. The van der Waals surface area contributed by atoms with Crippen LogP contribution in [0.5, 0.6) is 0 Å². The summed E-state index contributed by atoms with van der Waals surface area (Å²) in [7, 11) is 0. The van der Waals surface area contributed by atoms with Crippen LogP contribution in [0.4, 0.5) is 5.69 Å². The molecule has 1 aromatic rings. The standard InChI is InChI=1S/C13H18BrNO/c1-10-6-5-7-11(2)13(10)15-12(16)8-3-4-9-14/h5-7H,3-4,8-9H2,1-2H3,(H,15,16). The molecular formula is C13H18BrNO. The number of para-hydroxylation sites is 1. The summed E-state index contributed by atoms with van der Waals surface area (Å²) < 4.78 is 0. The Bertz CT molecular complexity index is 343. The lowest BCUT2D eigenvalue weighted by molar-refractivity contribution is -0.116. The number of hydrogen-bond acceptors (Lipinski definition) is 1. The van der Waals surface area contributed by atoms with Crippen molar-refractivity contribution in [3.05, 3.63) is 29.3 Å². The van der Waals surface area contributed by atoms with Crippen molar-refractivity contribution >= 4 is 27.5 Å². The van der Waals surface area contributed by atoms with Crippen molar-refractivity contribution in [3.8, 4) is 0 Å². The maximum atomic E-state index is 11.7. The summed E-state index contributed by atoms with van der Waals surface area (Å²) in [5.74, 6) is 0.110. The van der Waals surface area contributed by atoms with Gasteiger partial charge in [-0.15, -0.1) is 0 Å². The lowest BCUT2D eigenvalue weighted by Gasteiger charge is -2.11. The van der Waals surface area contributed by atoms with Crippen LogP contribution in [0.25, 0.3) is 0 Å². The van der Waals surface area contributed by atoms with Crippen LogP contribution in [0.3, 0.4) is 0 Å². The van der Waals surface area contributed by atoms with Gasteiger partial charge in [-0.05, 0) is 37.8 Å². The van der Waals surface area contributed by atoms with Gasteiger partial charge < -0.3 is 5.32 Å². The molecule has 16 heavy (non-hydrogen) atoms. The van der Waals surface area contributed by atoms with E-state index in [9.17, 15) is 4.79 Å². The zero-order valence-corrected chi connectivity index (χ0v) is 11.4. The molecular weight excluding hydrogens is 266 g/mol. The van der Waals surface area contributed by atoms with Gasteiger partial charge in [0.15, 0.2) is 0 Å². The first-order chi connectivity index (χ1) is 7.65. The highest BCUT2D eigenvalue weighted by molar-refractivity contribution is 9.09. The summed E-state index contributed by atoms with van der Waals surface area (Å²) in [6.07, 6.45) is 2.57. The van der Waals surface area contributed by atoms with E-state index in [-0.39, 0.29) is 5.91 Å². The second kappa shape index (κ2) is 6.69. The van der Waals surface area contributed by atoms with Crippen molar-refractivity contribution in [1.29, 1.82) is 0 Å². The van der Waals surface area contributed by atoms with Gasteiger partial charge in [0, 0.05) is 17.4 Å². The smallest absolute Gasteiger partial charge is 0.224 e. The largest absolute Gasteiger partial charge is 0.326 e. The normalized spacial score (nSPS) is 10.2. The van der Waals surface area contributed by atoms with Crippen molar-refractivity contribution in [2.24, 2.45) is 0 Å². The van der Waals surface area contributed by atoms with Crippen LogP contribution in [0, 0.1) is 13.8 Å². The highest BCUT2D eigenvalue weighted by Gasteiger charge is 2.06. The van der Waals surface area contributed by atoms with E-state index in [2.05, 4.69) is 21.2 Å². The molecule has 0 aliphatic heterocycles. The van der Waals surface area contributed by atoms with Crippen molar-refractivity contribution in [2.45, 2.75) is 33.1 Å². The monoisotopic (exact) mass is 283 g/mol. The second-order valence-corrected chi connectivity index (χ2v) is 4.75. The fourth-order valence-electron chi connectivity index (χ4n) is 1.59. The number of carbonyl (C=O) groups excluding carboxylic acids is 1. The Morgan fingerprint density at radius 1 is 1.25 bits per heavy atom. The van der Waals surface area contributed by atoms with E-state index in [1.165, 1.54) is 0 Å². The van der Waals surface area contributed by atoms with E-state index < -0.39 is 0 Å². The van der Waals surface area contributed by atoms with Crippen LogP contribution in [0.2, 0.25) is 0 Å². The van der Waals surface area contributed by atoms with Gasteiger partial charge in [0.2, 0.25) is 5.91 Å². The minimum absolute atomic E-state index is 0.110. The summed E-state index contributed by atoms with van der Waals surface area (Å²) in [6.45, 7) is 4.03. The van der Waals surface area contributed by atoms with E-state index in [1.54, 1.807) is 0 Å². The van der Waals surface area contributed by atoms with E-state index in [1.807, 2.05) is 32.0 Å². The Hall–Kier alpha value is -0.830. The highest BCUT2D eigenvalue weighted by atomic mass is 79.9. The SMILES string of the molecule is Cc1cccc(C)c1NC(=O)CCCCBr. The quantitative estimate of drug-likeness (QED) is 0.646. The molecule has 0 saturated carbocycles. The summed E-state index contributed by atoms with van der Waals surface area (Å²) in [5, 5.41) is 3.95. The van der Waals surface area contributed by atoms with Crippen LogP contribution >= 0.6 is 15.9 Å². The molecule has 0 saturated heterocycles. The number of aryl methyl sites for hydroxylation is 2. The third-order valence-electron chi connectivity index (χ3n) is 2.53. The number of nitrogens with one attached hydrogen (secondary N) is 1. The van der Waals surface area contributed by atoms with Crippen LogP contribution in [-0.4, -0.2) is 11.2 Å². The van der Waals surface area contributed by atoms with E-state index in [0.717, 1.165) is 35.0 Å². The Labute approximate surface area is 106 Å². The van der Waals surface area contributed by atoms with E-state index in [0.29, 0.717) is 6.42 Å². The predicted molar refractivity (Wildman–Crippen MR) is 72.2 cm³/mol. The van der Waals surface area contributed by atoms with Gasteiger partial charge in [-0.1, -0.05) is 34.1 Å². The molecule has 0 fully saturated rings. The Morgan fingerprint density at radius 3 is 2.44 bits per heavy atom. The van der Waals surface area contributed by atoms with Crippen molar-refractivity contribution in [1.82, 2.24) is 0 Å². The highest BCUT2D eigenvalue weighted by Crippen LogP contribution is 2.19. The number of carbonyl (C=O) groups is 1. The molecule has 1 amide bonds. The lowest BCUT2D eigenvalue weighted by Crippen LogP contribution is -2.13. The molecule has 88 valence electrons. The van der Waals surface area contributed by atoms with Gasteiger partial charge in [0.1, 0.15) is 0 Å². The molecule has 0 aliphatic carbocycles. The summed E-state index contributed by atoms with van der Waals surface area (Å²) in [6, 6.07) is 6.04. The van der Waals surface area contributed by atoms with Gasteiger partial charge in [0.05, 0.1) is 0 Å². The molecule has 3 heteroatoms. The molecule has 0 heterocycles. The summed E-state index contributed by atoms with van der Waals surface area (Å²) >= 11 is 3.36. The number of amides is 1. The van der Waals surface area contributed by atoms with Crippen LogP contribution in [-0.2, 0) is 4.79 Å². The molecule has 0 unspecified atom stereocenters. The number of rotatable bonds is 5. The lowest BCUT2D eigenvalue weighted by atomic mass is 10.1. The maximum absolute atomic E-state index is 11.7. The Balaban J connectivity index is 2.56. The van der Waals surface area contributed by atoms with E-state index >= 15 is 0 Å². The number of hydrogen-bond donors (Lipinski definition) is 1. The first-order valence-electron chi connectivity index (χ1n) is 5.57. The molecule has 2 nitrogen and oxygen atoms in total. The molecule has 0 bridgehead atoms. The minimum atomic E-state index is 0.110. The van der Waals surface area contributed by atoms with Gasteiger partial charge in [0.25, 0.3) is 0 Å². The van der Waals surface area contributed by atoms with Crippen molar-refractivity contribution in [3.63, 3.8) is 0 Å². The Kier molecular flexibility index (Phi) is 5.53. The topological polar surface area (TPSA) is 29.1 Å². The van der Waals surface area contributed by atoms with Crippen molar-refractivity contribution < 1.29 is 4.79 Å². The van der Waals surface area contributed by atoms with Crippen LogP contribution in [0.15, 0.2) is 18.2 Å². The average Bonchev–Trinajstić information content (AvgIpc) is 2.24. The minimum Gasteiger partial charge on any atom is -0.326 e. The molecule has 1 aromatic carbocycles. The van der Waals surface area contributed by atoms with E-state index in [4.69, 9.17) is 0 Å². The zero-order chi connectivity index (χ0) is 12.0. The first-order valence-corrected chi connectivity index (χ1v) is 6.69. The predicted octanol–water partition coefficient (Wildman–Crippen LogP) is 3.81. The number of benzene rings is 1. The number of halogens is 1. The molecule has 0 spiro atoms. The second-order valence-electron chi connectivity index (χ2n) is 3.96. The first kappa shape index (κ1) is 13.2. The Morgan fingerprint density at radius 2 is 1.88 bits per heavy atom. The molecule has 0 aromatic heterocycles. The van der Waals surface area contributed by atoms with Crippen molar-refractivity contribution in [2.75, 3.05) is 10.6 Å². The summed E-state index contributed by atoms with van der Waals surface area (Å²) in [4.78, 5) is 11.7. The fourth-order valence-corrected chi connectivity index (χ4v) is 1.99. The average molecular weight is 284 g/mol. The molecule has 0 radical (unpaired) electrons. The number of alkyl halides is 1. The molecule has 1 N–H and O–H groups in total. The third kappa shape index (κ3) is 3.97. The molecule has 1 rings (SSSR count). The van der Waals surface area contributed by atoms with Crippen LogP contribution < -0.4 is 5.32 Å². The number of anilines is 1. The third-order valence-corrected chi connectivity index (χ3v) is 3.09. The van der Waals surface area contributed by atoms with Gasteiger partial charge in [-0.3, -0.25) is 4.79 Å². The van der Waals surface area contributed by atoms with Gasteiger partial charge in [-0.25, -0.2) is 0 Å². The van der Waals surface area contributed by atoms with Crippen LogP contribution in [0.1, 0.15) is 30.4 Å². The molecule has 0 aliphatic rings. The zero-order valence-electron chi connectivity index (χ0n) is 9.85. The maximum Gasteiger partial charge on any atom is 0.224 e.